The van der Waals surface area contributed by atoms with Crippen LogP contribution in [0.2, 0.25) is 0 Å². The Hall–Kier alpha value is -3.28. The predicted molar refractivity (Wildman–Crippen MR) is 88.6 cm³/mol. The van der Waals surface area contributed by atoms with Gasteiger partial charge in [0.15, 0.2) is 5.82 Å². The van der Waals surface area contributed by atoms with Gasteiger partial charge in [-0.3, -0.25) is 10.1 Å². The molecule has 0 amide bonds. The maximum atomic E-state index is 10.9. The van der Waals surface area contributed by atoms with Crippen LogP contribution in [0.3, 0.4) is 0 Å². The third-order valence-corrected chi connectivity index (χ3v) is 3.22. The van der Waals surface area contributed by atoms with E-state index in [1.54, 1.807) is 18.2 Å². The first-order valence-corrected chi connectivity index (χ1v) is 7.04. The number of nitrogens with one attached hydrogen (secondary N) is 1. The van der Waals surface area contributed by atoms with Crippen molar-refractivity contribution in [3.63, 3.8) is 0 Å². The van der Waals surface area contributed by atoms with E-state index in [0.717, 1.165) is 11.3 Å². The number of nitrogens with zero attached hydrogens (tertiary/aromatic N) is 3. The average molecular weight is 306 g/mol. The molecule has 114 valence electrons. The number of nitro benzene ring substituents is 1. The summed E-state index contributed by atoms with van der Waals surface area (Å²) in [6.45, 7) is 1.88. The van der Waals surface area contributed by atoms with Crippen molar-refractivity contribution in [3.05, 3.63) is 76.5 Å². The van der Waals surface area contributed by atoms with Crippen LogP contribution in [0.15, 0.2) is 60.7 Å². The van der Waals surface area contributed by atoms with Gasteiger partial charge in [-0.15, -0.1) is 0 Å². The number of aromatic nitrogens is 2. The van der Waals surface area contributed by atoms with Crippen LogP contribution < -0.4 is 5.32 Å². The second-order valence-electron chi connectivity index (χ2n) is 5.02. The van der Waals surface area contributed by atoms with Crippen LogP contribution >= 0.6 is 0 Å². The van der Waals surface area contributed by atoms with Gasteiger partial charge in [0, 0.05) is 35.1 Å². The van der Waals surface area contributed by atoms with Crippen molar-refractivity contribution in [2.24, 2.45) is 0 Å². The summed E-state index contributed by atoms with van der Waals surface area (Å²) in [5, 5.41) is 13.9. The largest absolute Gasteiger partial charge is 0.340 e. The van der Waals surface area contributed by atoms with Crippen molar-refractivity contribution in [3.8, 4) is 11.4 Å². The van der Waals surface area contributed by atoms with Gasteiger partial charge in [0.25, 0.3) is 5.69 Å². The maximum Gasteiger partial charge on any atom is 0.271 e. The Morgan fingerprint density at radius 3 is 2.52 bits per heavy atom. The Kier molecular flexibility index (Phi) is 3.97. The number of hydrogen-bond acceptors (Lipinski definition) is 5. The van der Waals surface area contributed by atoms with Crippen molar-refractivity contribution < 1.29 is 4.92 Å². The Morgan fingerprint density at radius 1 is 1.00 bits per heavy atom. The van der Waals surface area contributed by atoms with E-state index >= 15 is 0 Å². The van der Waals surface area contributed by atoms with E-state index in [9.17, 15) is 10.1 Å². The highest BCUT2D eigenvalue weighted by Crippen LogP contribution is 2.23. The molecule has 3 aromatic rings. The highest BCUT2D eigenvalue weighted by Gasteiger charge is 2.08. The lowest BCUT2D eigenvalue weighted by atomic mass is 10.2. The van der Waals surface area contributed by atoms with Crippen LogP contribution in [0.25, 0.3) is 11.4 Å². The number of rotatable bonds is 4. The van der Waals surface area contributed by atoms with Crippen LogP contribution in [-0.4, -0.2) is 14.9 Å². The lowest BCUT2D eigenvalue weighted by Gasteiger charge is -2.08. The van der Waals surface area contributed by atoms with Gasteiger partial charge >= 0.3 is 0 Å². The fraction of sp³-hybridized carbons (Fsp3) is 0.0588. The predicted octanol–water partition coefficient (Wildman–Crippen LogP) is 4.10. The molecule has 0 aliphatic carbocycles. The molecule has 0 aliphatic heterocycles. The van der Waals surface area contributed by atoms with Crippen molar-refractivity contribution in [1.82, 2.24) is 9.97 Å². The second-order valence-corrected chi connectivity index (χ2v) is 5.02. The zero-order chi connectivity index (χ0) is 16.2. The molecule has 23 heavy (non-hydrogen) atoms. The van der Waals surface area contributed by atoms with Gasteiger partial charge in [0.1, 0.15) is 5.82 Å². The lowest BCUT2D eigenvalue weighted by Crippen LogP contribution is -1.99. The average Bonchev–Trinajstić information content (AvgIpc) is 2.55. The number of non-ortho nitro benzene ring substituents is 1. The van der Waals surface area contributed by atoms with Crippen molar-refractivity contribution in [2.45, 2.75) is 6.92 Å². The molecule has 0 aliphatic rings. The number of aryl methyl sites for hydroxylation is 1. The van der Waals surface area contributed by atoms with Gasteiger partial charge in [0.05, 0.1) is 4.92 Å². The van der Waals surface area contributed by atoms with Crippen LogP contribution in [-0.2, 0) is 0 Å². The summed E-state index contributed by atoms with van der Waals surface area (Å²) in [7, 11) is 0. The van der Waals surface area contributed by atoms with E-state index in [4.69, 9.17) is 0 Å². The number of nitro groups is 1. The van der Waals surface area contributed by atoms with E-state index < -0.39 is 4.92 Å². The molecule has 6 heteroatoms. The number of hydrogen-bond donors (Lipinski definition) is 1. The summed E-state index contributed by atoms with van der Waals surface area (Å²) in [4.78, 5) is 19.3. The molecule has 0 fully saturated rings. The number of anilines is 2. The molecule has 0 saturated heterocycles. The molecule has 0 saturated carbocycles. The van der Waals surface area contributed by atoms with E-state index in [0.29, 0.717) is 17.3 Å². The third kappa shape index (κ3) is 3.49. The second kappa shape index (κ2) is 6.23. The highest BCUT2D eigenvalue weighted by atomic mass is 16.6. The smallest absolute Gasteiger partial charge is 0.271 e. The minimum absolute atomic E-state index is 0.0315. The van der Waals surface area contributed by atoms with Gasteiger partial charge in [-0.25, -0.2) is 9.97 Å². The van der Waals surface area contributed by atoms with Gasteiger partial charge in [0.2, 0.25) is 0 Å². The Labute approximate surface area is 133 Å². The van der Waals surface area contributed by atoms with Crippen LogP contribution in [0, 0.1) is 17.0 Å². The molecule has 6 nitrogen and oxygen atoms in total. The lowest BCUT2D eigenvalue weighted by molar-refractivity contribution is -0.384. The molecule has 0 radical (unpaired) electrons. The molecule has 1 N–H and O–H groups in total. The zero-order valence-electron chi connectivity index (χ0n) is 12.4. The molecule has 3 rings (SSSR count). The van der Waals surface area contributed by atoms with Crippen molar-refractivity contribution in [1.29, 1.82) is 0 Å². The summed E-state index contributed by atoms with van der Waals surface area (Å²) < 4.78 is 0. The summed E-state index contributed by atoms with van der Waals surface area (Å²) >= 11 is 0. The van der Waals surface area contributed by atoms with E-state index in [2.05, 4.69) is 15.3 Å². The summed E-state index contributed by atoms with van der Waals surface area (Å²) in [5.74, 6) is 1.20. The minimum Gasteiger partial charge on any atom is -0.340 e. The number of benzene rings is 2. The monoisotopic (exact) mass is 306 g/mol. The molecule has 2 aromatic carbocycles. The van der Waals surface area contributed by atoms with Crippen molar-refractivity contribution in [2.75, 3.05) is 5.32 Å². The van der Waals surface area contributed by atoms with E-state index in [-0.39, 0.29) is 5.69 Å². The van der Waals surface area contributed by atoms with E-state index in [1.807, 2.05) is 37.3 Å². The fourth-order valence-electron chi connectivity index (χ4n) is 2.19. The summed E-state index contributed by atoms with van der Waals surface area (Å²) in [5.41, 5.74) is 2.37. The molecule has 0 unspecified atom stereocenters. The van der Waals surface area contributed by atoms with Crippen LogP contribution in [0.5, 0.6) is 0 Å². The summed E-state index contributed by atoms with van der Waals surface area (Å²) in [6.07, 6.45) is 0. The Morgan fingerprint density at radius 2 is 1.78 bits per heavy atom. The first kappa shape index (κ1) is 14.6. The SMILES string of the molecule is Cc1cc(Nc2cccc([N+](=O)[O-])c2)nc(-c2ccccc2)n1. The molecule has 1 heterocycles. The summed E-state index contributed by atoms with van der Waals surface area (Å²) in [6, 6.07) is 17.8. The van der Waals surface area contributed by atoms with Crippen LogP contribution in [0.1, 0.15) is 5.69 Å². The first-order chi connectivity index (χ1) is 11.1. The molecular weight excluding hydrogens is 292 g/mol. The van der Waals surface area contributed by atoms with Gasteiger partial charge in [-0.2, -0.15) is 0 Å². The standard InChI is InChI=1S/C17H14N4O2/c1-12-10-16(19-14-8-5-9-15(11-14)21(22)23)20-17(18-12)13-6-3-2-4-7-13/h2-11H,1H3,(H,18,19,20). The van der Waals surface area contributed by atoms with E-state index in [1.165, 1.54) is 12.1 Å². The van der Waals surface area contributed by atoms with Gasteiger partial charge in [-0.1, -0.05) is 36.4 Å². The molecule has 1 aromatic heterocycles. The Balaban J connectivity index is 1.93. The van der Waals surface area contributed by atoms with Gasteiger partial charge in [-0.05, 0) is 13.0 Å². The normalized spacial score (nSPS) is 10.3. The first-order valence-electron chi connectivity index (χ1n) is 7.04. The fourth-order valence-corrected chi connectivity index (χ4v) is 2.19. The maximum absolute atomic E-state index is 10.9. The molecule has 0 bridgehead atoms. The molecule has 0 atom stereocenters. The van der Waals surface area contributed by atoms with Crippen molar-refractivity contribution >= 4 is 17.2 Å². The molecular formula is C17H14N4O2. The topological polar surface area (TPSA) is 81.0 Å². The Bertz CT molecular complexity index is 850. The highest BCUT2D eigenvalue weighted by molar-refractivity contribution is 5.63. The molecule has 0 spiro atoms. The third-order valence-electron chi connectivity index (χ3n) is 3.22. The zero-order valence-corrected chi connectivity index (χ0v) is 12.4. The van der Waals surface area contributed by atoms with Gasteiger partial charge < -0.3 is 5.32 Å². The quantitative estimate of drug-likeness (QED) is 0.579. The minimum atomic E-state index is -0.425. The van der Waals surface area contributed by atoms with Crippen LogP contribution in [0.4, 0.5) is 17.2 Å².